The molecule has 0 atom stereocenters. The Kier molecular flexibility index (Phi) is 8.69. The molecule has 0 aromatic heterocycles. The number of hydrogen-bond donors (Lipinski definition) is 0. The molecule has 0 fully saturated rings. The Labute approximate surface area is 81.3 Å². The van der Waals surface area contributed by atoms with Crippen molar-refractivity contribution in [2.75, 3.05) is 6.38 Å². The van der Waals surface area contributed by atoms with Gasteiger partial charge in [-0.25, -0.2) is 0 Å². The second-order valence-corrected chi connectivity index (χ2v) is 2.90. The number of allylic oxidation sites excluding steroid dienone is 4. The average Bonchev–Trinajstić information content (AvgIpc) is 2.37. The van der Waals surface area contributed by atoms with Crippen LogP contribution < -0.4 is 0 Å². The van der Waals surface area contributed by atoms with Crippen molar-refractivity contribution < 1.29 is 0 Å². The zero-order chi connectivity index (χ0) is 9.23. The second kappa shape index (κ2) is 8.86. The van der Waals surface area contributed by atoms with Crippen LogP contribution in [0.15, 0.2) is 23.8 Å². The van der Waals surface area contributed by atoms with E-state index in [1.165, 1.54) is 38.5 Å². The van der Waals surface area contributed by atoms with Crippen LogP contribution >= 0.6 is 11.6 Å². The summed E-state index contributed by atoms with van der Waals surface area (Å²) < 4.78 is 0. The molecule has 0 unspecified atom stereocenters. The van der Waals surface area contributed by atoms with Crippen LogP contribution in [0.4, 0.5) is 0 Å². The molecule has 0 radical (unpaired) electrons. The SMILES string of the molecule is CCCC1=CC=CCCC1.CCl. The molecule has 0 bridgehead atoms. The molecule has 1 rings (SSSR count). The molecule has 0 amide bonds. The number of rotatable bonds is 2. The first kappa shape index (κ1) is 11.8. The van der Waals surface area contributed by atoms with Gasteiger partial charge in [0, 0.05) is 6.38 Å². The van der Waals surface area contributed by atoms with Gasteiger partial charge in [-0.05, 0) is 25.7 Å². The van der Waals surface area contributed by atoms with Gasteiger partial charge in [0.2, 0.25) is 0 Å². The highest BCUT2D eigenvalue weighted by molar-refractivity contribution is 6.15. The van der Waals surface area contributed by atoms with Crippen LogP contribution in [-0.4, -0.2) is 6.38 Å². The molecule has 1 aliphatic carbocycles. The quantitative estimate of drug-likeness (QED) is 0.564. The van der Waals surface area contributed by atoms with Crippen molar-refractivity contribution in [2.24, 2.45) is 0 Å². The largest absolute Gasteiger partial charge is 0.130 e. The molecule has 0 spiro atoms. The van der Waals surface area contributed by atoms with Crippen LogP contribution in [0, 0.1) is 0 Å². The van der Waals surface area contributed by atoms with E-state index in [0.717, 1.165) is 0 Å². The molecule has 0 aromatic rings. The van der Waals surface area contributed by atoms with Gasteiger partial charge < -0.3 is 0 Å². The summed E-state index contributed by atoms with van der Waals surface area (Å²) in [5.41, 5.74) is 1.64. The second-order valence-electron chi connectivity index (χ2n) is 2.90. The third-order valence-corrected chi connectivity index (χ3v) is 1.91. The van der Waals surface area contributed by atoms with E-state index in [0.29, 0.717) is 0 Å². The highest BCUT2D eigenvalue weighted by Crippen LogP contribution is 2.16. The summed E-state index contributed by atoms with van der Waals surface area (Å²) >= 11 is 4.64. The molecule has 0 heterocycles. The number of alkyl halides is 1. The number of halogens is 1. The van der Waals surface area contributed by atoms with E-state index < -0.39 is 0 Å². The molecule has 0 saturated carbocycles. The zero-order valence-corrected chi connectivity index (χ0v) is 8.90. The molecule has 0 aliphatic heterocycles. The van der Waals surface area contributed by atoms with Crippen molar-refractivity contribution in [2.45, 2.75) is 39.0 Å². The summed E-state index contributed by atoms with van der Waals surface area (Å²) in [6.45, 7) is 2.25. The summed E-state index contributed by atoms with van der Waals surface area (Å²) in [5.74, 6) is 0. The first-order valence-corrected chi connectivity index (χ1v) is 5.41. The van der Waals surface area contributed by atoms with Gasteiger partial charge in [-0.1, -0.05) is 37.1 Å². The minimum absolute atomic E-state index is 1.27. The van der Waals surface area contributed by atoms with Gasteiger partial charge >= 0.3 is 0 Å². The van der Waals surface area contributed by atoms with Crippen molar-refractivity contribution >= 4 is 11.6 Å². The van der Waals surface area contributed by atoms with Crippen molar-refractivity contribution in [1.82, 2.24) is 0 Å². The van der Waals surface area contributed by atoms with Gasteiger partial charge in [-0.3, -0.25) is 0 Å². The minimum atomic E-state index is 1.27. The highest BCUT2D eigenvalue weighted by Gasteiger charge is 1.96. The Morgan fingerprint density at radius 3 is 2.83 bits per heavy atom. The van der Waals surface area contributed by atoms with E-state index in [-0.39, 0.29) is 0 Å². The maximum atomic E-state index is 4.64. The third-order valence-electron chi connectivity index (χ3n) is 1.91. The maximum Gasteiger partial charge on any atom is 0.0108 e. The van der Waals surface area contributed by atoms with Gasteiger partial charge in [0.25, 0.3) is 0 Å². The van der Waals surface area contributed by atoms with Gasteiger partial charge in [0.15, 0.2) is 0 Å². The molecular formula is C11H19Cl. The zero-order valence-electron chi connectivity index (χ0n) is 8.15. The lowest BCUT2D eigenvalue weighted by Crippen LogP contribution is -1.80. The lowest BCUT2D eigenvalue weighted by molar-refractivity contribution is 0.776. The van der Waals surface area contributed by atoms with E-state index in [4.69, 9.17) is 0 Å². The lowest BCUT2D eigenvalue weighted by atomic mass is 10.1. The summed E-state index contributed by atoms with van der Waals surface area (Å²) in [4.78, 5) is 0. The fourth-order valence-corrected chi connectivity index (χ4v) is 1.36. The molecule has 0 N–H and O–H groups in total. The summed E-state index contributed by atoms with van der Waals surface area (Å²) in [6.07, 6.45) is 14.8. The smallest absolute Gasteiger partial charge is 0.0108 e. The molecule has 0 aromatic carbocycles. The van der Waals surface area contributed by atoms with E-state index in [1.54, 1.807) is 5.57 Å². The van der Waals surface area contributed by atoms with E-state index in [2.05, 4.69) is 36.8 Å². The van der Waals surface area contributed by atoms with Crippen LogP contribution in [0.2, 0.25) is 0 Å². The van der Waals surface area contributed by atoms with Crippen molar-refractivity contribution in [3.05, 3.63) is 23.8 Å². The Hall–Kier alpha value is -0.230. The van der Waals surface area contributed by atoms with E-state index in [9.17, 15) is 0 Å². The standard InChI is InChI=1S/C10H16.CH3Cl/c1-2-7-10-8-5-3-4-6-9-10;1-2/h3,5,8H,2,4,6-7,9H2,1H3;1H3. The normalized spacial score (nSPS) is 15.8. The molecular weight excluding hydrogens is 168 g/mol. The highest BCUT2D eigenvalue weighted by atomic mass is 35.5. The molecule has 0 nitrogen and oxygen atoms in total. The topological polar surface area (TPSA) is 0 Å². The Bertz CT molecular complexity index is 141. The van der Waals surface area contributed by atoms with Crippen molar-refractivity contribution in [3.63, 3.8) is 0 Å². The lowest BCUT2D eigenvalue weighted by Gasteiger charge is -2.00. The van der Waals surface area contributed by atoms with Crippen LogP contribution in [0.1, 0.15) is 39.0 Å². The van der Waals surface area contributed by atoms with Crippen molar-refractivity contribution in [3.8, 4) is 0 Å². The van der Waals surface area contributed by atoms with Crippen molar-refractivity contribution in [1.29, 1.82) is 0 Å². The van der Waals surface area contributed by atoms with Gasteiger partial charge in [0.1, 0.15) is 0 Å². The Morgan fingerprint density at radius 1 is 1.42 bits per heavy atom. The average molecular weight is 187 g/mol. The predicted molar refractivity (Wildman–Crippen MR) is 57.8 cm³/mol. The molecule has 12 heavy (non-hydrogen) atoms. The monoisotopic (exact) mass is 186 g/mol. The Morgan fingerprint density at radius 2 is 2.17 bits per heavy atom. The minimum Gasteiger partial charge on any atom is -0.130 e. The first-order valence-electron chi connectivity index (χ1n) is 4.66. The number of hydrogen-bond acceptors (Lipinski definition) is 0. The fourth-order valence-electron chi connectivity index (χ4n) is 1.36. The molecule has 70 valence electrons. The summed E-state index contributed by atoms with van der Waals surface area (Å²) in [7, 11) is 0. The summed E-state index contributed by atoms with van der Waals surface area (Å²) in [5, 5.41) is 0. The van der Waals surface area contributed by atoms with Gasteiger partial charge in [0.05, 0.1) is 0 Å². The van der Waals surface area contributed by atoms with E-state index in [1.807, 2.05) is 0 Å². The van der Waals surface area contributed by atoms with Gasteiger partial charge in [-0.15, -0.1) is 11.6 Å². The fraction of sp³-hybridized carbons (Fsp3) is 0.636. The molecule has 0 saturated heterocycles. The van der Waals surface area contributed by atoms with Gasteiger partial charge in [-0.2, -0.15) is 0 Å². The maximum absolute atomic E-state index is 4.64. The first-order chi connectivity index (χ1) is 5.93. The van der Waals surface area contributed by atoms with Crippen LogP contribution in [0.5, 0.6) is 0 Å². The van der Waals surface area contributed by atoms with Crippen LogP contribution in [-0.2, 0) is 0 Å². The Balaban J connectivity index is 0.000000561. The molecule has 1 heteroatoms. The predicted octanol–water partition coefficient (Wildman–Crippen LogP) is 4.31. The molecule has 1 aliphatic rings. The van der Waals surface area contributed by atoms with E-state index >= 15 is 0 Å². The summed E-state index contributed by atoms with van der Waals surface area (Å²) in [6, 6.07) is 0. The van der Waals surface area contributed by atoms with Crippen LogP contribution in [0.25, 0.3) is 0 Å². The third kappa shape index (κ3) is 5.42. The van der Waals surface area contributed by atoms with Crippen LogP contribution in [0.3, 0.4) is 0 Å².